The van der Waals surface area contributed by atoms with E-state index in [2.05, 4.69) is 19.1 Å². The number of hydrogen-bond donors (Lipinski definition) is 0. The molecule has 20 heavy (non-hydrogen) atoms. The number of esters is 1. The second-order valence-corrected chi connectivity index (χ2v) is 8.19. The molecule has 3 atom stereocenters. The van der Waals surface area contributed by atoms with E-state index in [9.17, 15) is 4.79 Å². The molecule has 1 aromatic carbocycles. The molecule has 1 fully saturated rings. The molecule has 2 rings (SSSR count). The van der Waals surface area contributed by atoms with E-state index >= 15 is 0 Å². The average molecular weight is 341 g/mol. The first-order valence-electron chi connectivity index (χ1n) is 6.97. The maximum atomic E-state index is 12.2. The standard InChI is InChI=1S/C16H22O3Se/c1-5-12-14(20-11-9-7-6-8-10-11)13(15(17)18-4)16(2,3)19-12/h6-10,12-14H,5H2,1-4H3/t12-,13+,14-/m1/s1. The van der Waals surface area contributed by atoms with Gasteiger partial charge in [-0.15, -0.1) is 0 Å². The topological polar surface area (TPSA) is 35.5 Å². The Hall–Kier alpha value is -0.831. The van der Waals surface area contributed by atoms with Gasteiger partial charge >= 0.3 is 127 Å². The molecule has 3 nitrogen and oxygen atoms in total. The monoisotopic (exact) mass is 342 g/mol. The first kappa shape index (κ1) is 15.6. The molecular formula is C16H22O3Se. The average Bonchev–Trinajstić information content (AvgIpc) is 2.69. The van der Waals surface area contributed by atoms with Gasteiger partial charge in [0.25, 0.3) is 0 Å². The van der Waals surface area contributed by atoms with Gasteiger partial charge in [0, 0.05) is 0 Å². The van der Waals surface area contributed by atoms with Crippen LogP contribution in [0.5, 0.6) is 0 Å². The molecule has 1 aromatic rings. The van der Waals surface area contributed by atoms with Crippen LogP contribution in [0.25, 0.3) is 0 Å². The van der Waals surface area contributed by atoms with Gasteiger partial charge in [0.15, 0.2) is 0 Å². The zero-order valence-corrected chi connectivity index (χ0v) is 14.2. The van der Waals surface area contributed by atoms with Gasteiger partial charge in [0.05, 0.1) is 0 Å². The van der Waals surface area contributed by atoms with Gasteiger partial charge in [0.1, 0.15) is 0 Å². The summed E-state index contributed by atoms with van der Waals surface area (Å²) in [5, 5.41) is 0. The molecule has 0 bridgehead atoms. The summed E-state index contributed by atoms with van der Waals surface area (Å²) in [6.45, 7) is 6.12. The number of ether oxygens (including phenoxy) is 2. The molecule has 0 amide bonds. The Balaban J connectivity index is 2.27. The Morgan fingerprint density at radius 2 is 2.00 bits per heavy atom. The zero-order valence-electron chi connectivity index (χ0n) is 12.5. The molecule has 0 aliphatic carbocycles. The molecule has 1 heterocycles. The summed E-state index contributed by atoms with van der Waals surface area (Å²) < 4.78 is 12.5. The van der Waals surface area contributed by atoms with Crippen molar-refractivity contribution in [2.75, 3.05) is 7.11 Å². The van der Waals surface area contributed by atoms with Crippen LogP contribution in [-0.2, 0) is 14.3 Å². The summed E-state index contributed by atoms with van der Waals surface area (Å²) in [6, 6.07) is 10.4. The van der Waals surface area contributed by atoms with Gasteiger partial charge in [-0.1, -0.05) is 0 Å². The van der Waals surface area contributed by atoms with Gasteiger partial charge in [0.2, 0.25) is 0 Å². The zero-order chi connectivity index (χ0) is 14.8. The minimum atomic E-state index is -0.449. The van der Waals surface area contributed by atoms with Crippen LogP contribution >= 0.6 is 0 Å². The van der Waals surface area contributed by atoms with E-state index in [0.717, 1.165) is 6.42 Å². The molecule has 0 radical (unpaired) electrons. The third-order valence-electron chi connectivity index (χ3n) is 3.77. The van der Waals surface area contributed by atoms with Crippen LogP contribution in [-0.4, -0.2) is 39.7 Å². The Labute approximate surface area is 127 Å². The molecule has 0 aromatic heterocycles. The van der Waals surface area contributed by atoms with Crippen molar-refractivity contribution in [3.63, 3.8) is 0 Å². The molecule has 4 heteroatoms. The minimum absolute atomic E-state index is 0.134. The number of methoxy groups -OCH3 is 1. The predicted molar refractivity (Wildman–Crippen MR) is 80.3 cm³/mol. The second kappa shape index (κ2) is 6.30. The van der Waals surface area contributed by atoms with Crippen LogP contribution in [0.1, 0.15) is 27.2 Å². The van der Waals surface area contributed by atoms with E-state index in [-0.39, 0.29) is 37.8 Å². The van der Waals surface area contributed by atoms with Gasteiger partial charge in [-0.25, -0.2) is 0 Å². The third-order valence-corrected chi connectivity index (χ3v) is 6.69. The molecule has 1 aliphatic heterocycles. The second-order valence-electron chi connectivity index (χ2n) is 5.56. The van der Waals surface area contributed by atoms with Crippen molar-refractivity contribution in [1.29, 1.82) is 0 Å². The number of benzene rings is 1. The van der Waals surface area contributed by atoms with E-state index in [1.165, 1.54) is 11.6 Å². The van der Waals surface area contributed by atoms with Crippen molar-refractivity contribution in [3.8, 4) is 0 Å². The van der Waals surface area contributed by atoms with Crippen LogP contribution < -0.4 is 4.46 Å². The van der Waals surface area contributed by atoms with Gasteiger partial charge in [-0.3, -0.25) is 0 Å². The summed E-state index contributed by atoms with van der Waals surface area (Å²) in [4.78, 5) is 12.4. The molecule has 0 N–H and O–H groups in total. The normalized spacial score (nSPS) is 28.3. The summed E-state index contributed by atoms with van der Waals surface area (Å²) >= 11 is 0.203. The third kappa shape index (κ3) is 3.08. The first-order chi connectivity index (χ1) is 9.49. The van der Waals surface area contributed by atoms with Crippen LogP contribution in [0, 0.1) is 5.92 Å². The van der Waals surface area contributed by atoms with Crippen molar-refractivity contribution < 1.29 is 14.3 Å². The van der Waals surface area contributed by atoms with Crippen molar-refractivity contribution in [3.05, 3.63) is 30.3 Å². The van der Waals surface area contributed by atoms with E-state index in [1.54, 1.807) is 0 Å². The van der Waals surface area contributed by atoms with Gasteiger partial charge in [-0.05, 0) is 0 Å². The van der Waals surface area contributed by atoms with E-state index in [4.69, 9.17) is 9.47 Å². The van der Waals surface area contributed by atoms with Crippen LogP contribution in [0.15, 0.2) is 30.3 Å². The maximum absolute atomic E-state index is 12.2. The number of carbonyl (C=O) groups is 1. The first-order valence-corrected chi connectivity index (χ1v) is 8.81. The Kier molecular flexibility index (Phi) is 4.90. The Morgan fingerprint density at radius 3 is 2.55 bits per heavy atom. The number of hydrogen-bond acceptors (Lipinski definition) is 3. The Morgan fingerprint density at radius 1 is 1.35 bits per heavy atom. The Bertz CT molecular complexity index is 458. The van der Waals surface area contributed by atoms with Crippen molar-refractivity contribution in [2.45, 2.75) is 43.7 Å². The molecule has 0 saturated carbocycles. The van der Waals surface area contributed by atoms with E-state index in [1.807, 2.05) is 32.0 Å². The van der Waals surface area contributed by atoms with Crippen molar-refractivity contribution in [2.24, 2.45) is 5.92 Å². The molecule has 1 aliphatic rings. The quantitative estimate of drug-likeness (QED) is 0.622. The summed E-state index contributed by atoms with van der Waals surface area (Å²) in [7, 11) is 1.46. The summed E-state index contributed by atoms with van der Waals surface area (Å²) in [6.07, 6.45) is 1.06. The van der Waals surface area contributed by atoms with E-state index in [0.29, 0.717) is 0 Å². The molecule has 0 unspecified atom stereocenters. The number of carbonyl (C=O) groups excluding carboxylic acids is 1. The van der Waals surface area contributed by atoms with Gasteiger partial charge in [-0.2, -0.15) is 0 Å². The molecular weight excluding hydrogens is 319 g/mol. The summed E-state index contributed by atoms with van der Waals surface area (Å²) in [5.74, 6) is -0.327. The van der Waals surface area contributed by atoms with Crippen LogP contribution in [0.3, 0.4) is 0 Å². The predicted octanol–water partition coefficient (Wildman–Crippen LogP) is 2.18. The van der Waals surface area contributed by atoms with Crippen LogP contribution in [0.2, 0.25) is 4.82 Å². The van der Waals surface area contributed by atoms with Crippen LogP contribution in [0.4, 0.5) is 0 Å². The molecule has 1 saturated heterocycles. The van der Waals surface area contributed by atoms with Gasteiger partial charge < -0.3 is 0 Å². The summed E-state index contributed by atoms with van der Waals surface area (Å²) in [5.41, 5.74) is -0.449. The fourth-order valence-electron chi connectivity index (χ4n) is 2.80. The fraction of sp³-hybridized carbons (Fsp3) is 0.562. The number of rotatable bonds is 4. The fourth-order valence-corrected chi connectivity index (χ4v) is 6.17. The molecule has 0 spiro atoms. The van der Waals surface area contributed by atoms with E-state index < -0.39 is 5.60 Å². The van der Waals surface area contributed by atoms with Crippen molar-refractivity contribution >= 4 is 25.4 Å². The van der Waals surface area contributed by atoms with Crippen molar-refractivity contribution in [1.82, 2.24) is 0 Å². The molecule has 110 valence electrons. The SMILES string of the molecule is CC[C@H]1OC(C)(C)[C@H](C(=O)OC)[C@@H]1[Se]c1ccccc1.